The normalized spacial score (nSPS) is 9.77. The van der Waals surface area contributed by atoms with E-state index in [1.165, 1.54) is 0 Å². The number of benzene rings is 1. The van der Waals surface area contributed by atoms with E-state index in [0.717, 1.165) is 0 Å². The summed E-state index contributed by atoms with van der Waals surface area (Å²) >= 11 is 16.4. The Labute approximate surface area is 90.3 Å². The lowest BCUT2D eigenvalue weighted by Crippen LogP contribution is -1.99. The van der Waals surface area contributed by atoms with Crippen molar-refractivity contribution in [2.45, 2.75) is 5.88 Å². The maximum absolute atomic E-state index is 10.4. The molecular formula is C8H5Cl3O2. The Bertz CT molecular complexity index is 325. The quantitative estimate of drug-likeness (QED) is 0.579. The second-order valence-electron chi connectivity index (χ2n) is 2.19. The standard InChI is InChI=1S/C8H5Cl3O2/c9-4-5-6(10)2-1-3-7(5)13-8(11)12/h1-3H,4H2. The van der Waals surface area contributed by atoms with Crippen molar-refractivity contribution in [2.75, 3.05) is 0 Å². The molecule has 70 valence electrons. The number of alkyl halides is 1. The summed E-state index contributed by atoms with van der Waals surface area (Å²) in [5.74, 6) is 0.460. The summed E-state index contributed by atoms with van der Waals surface area (Å²) in [7, 11) is 0. The lowest BCUT2D eigenvalue weighted by Gasteiger charge is -2.06. The average Bonchev–Trinajstić information content (AvgIpc) is 2.03. The number of halogens is 3. The van der Waals surface area contributed by atoms with Gasteiger partial charge in [0.15, 0.2) is 0 Å². The largest absolute Gasteiger partial charge is 0.414 e. The molecule has 0 unspecified atom stereocenters. The highest BCUT2D eigenvalue weighted by Gasteiger charge is 2.09. The van der Waals surface area contributed by atoms with Crippen molar-refractivity contribution in [1.82, 2.24) is 0 Å². The summed E-state index contributed by atoms with van der Waals surface area (Å²) in [5, 5.41) is 0.449. The number of ether oxygens (including phenoxy) is 1. The van der Waals surface area contributed by atoms with Gasteiger partial charge in [-0.3, -0.25) is 0 Å². The lowest BCUT2D eigenvalue weighted by molar-refractivity contribution is 0.225. The smallest absolute Gasteiger partial charge is 0.409 e. The molecule has 0 aromatic heterocycles. The summed E-state index contributed by atoms with van der Waals surface area (Å²) in [5.41, 5.74) is -0.353. The molecule has 0 saturated carbocycles. The van der Waals surface area contributed by atoms with Crippen LogP contribution < -0.4 is 4.74 Å². The van der Waals surface area contributed by atoms with Gasteiger partial charge in [0.1, 0.15) is 5.75 Å². The number of carbonyl (C=O) groups excluding carboxylic acids is 1. The topological polar surface area (TPSA) is 26.3 Å². The van der Waals surface area contributed by atoms with Crippen LogP contribution in [-0.2, 0) is 5.88 Å². The number of hydrogen-bond donors (Lipinski definition) is 0. The van der Waals surface area contributed by atoms with Crippen LogP contribution in [0, 0.1) is 0 Å². The molecule has 1 rings (SSSR count). The van der Waals surface area contributed by atoms with Gasteiger partial charge in [-0.25, -0.2) is 4.79 Å². The fourth-order valence-corrected chi connectivity index (χ4v) is 1.51. The van der Waals surface area contributed by atoms with E-state index in [0.29, 0.717) is 16.3 Å². The molecule has 0 radical (unpaired) electrons. The SMILES string of the molecule is O=C(Cl)Oc1cccc(Cl)c1CCl. The Morgan fingerprint density at radius 3 is 2.69 bits per heavy atom. The Kier molecular flexibility index (Phi) is 3.85. The van der Waals surface area contributed by atoms with Gasteiger partial charge in [0.25, 0.3) is 0 Å². The van der Waals surface area contributed by atoms with Crippen molar-refractivity contribution < 1.29 is 9.53 Å². The molecule has 0 aliphatic carbocycles. The van der Waals surface area contributed by atoms with Crippen LogP contribution in [0.4, 0.5) is 4.79 Å². The van der Waals surface area contributed by atoms with Crippen molar-refractivity contribution in [3.63, 3.8) is 0 Å². The molecule has 0 heterocycles. The maximum Gasteiger partial charge on any atom is 0.409 e. The van der Waals surface area contributed by atoms with Crippen LogP contribution in [0.15, 0.2) is 18.2 Å². The molecule has 0 N–H and O–H groups in total. The third-order valence-electron chi connectivity index (χ3n) is 1.40. The number of carbonyl (C=O) groups is 1. The summed E-state index contributed by atoms with van der Waals surface area (Å²) in [6.45, 7) is 0. The van der Waals surface area contributed by atoms with Gasteiger partial charge in [-0.1, -0.05) is 17.7 Å². The minimum absolute atomic E-state index is 0.166. The first-order chi connectivity index (χ1) is 6.15. The molecule has 5 heteroatoms. The molecule has 1 aromatic rings. The molecule has 0 saturated heterocycles. The zero-order valence-electron chi connectivity index (χ0n) is 6.39. The lowest BCUT2D eigenvalue weighted by atomic mass is 10.2. The van der Waals surface area contributed by atoms with Crippen LogP contribution in [0.2, 0.25) is 5.02 Å². The zero-order valence-corrected chi connectivity index (χ0v) is 8.66. The van der Waals surface area contributed by atoms with Crippen LogP contribution in [0.25, 0.3) is 0 Å². The predicted octanol–water partition coefficient (Wildman–Crippen LogP) is 3.82. The van der Waals surface area contributed by atoms with Crippen molar-refractivity contribution in [1.29, 1.82) is 0 Å². The van der Waals surface area contributed by atoms with Gasteiger partial charge < -0.3 is 4.74 Å². The van der Waals surface area contributed by atoms with Crippen LogP contribution in [0.5, 0.6) is 5.75 Å². The summed E-state index contributed by atoms with van der Waals surface area (Å²) in [4.78, 5) is 10.4. The molecule has 13 heavy (non-hydrogen) atoms. The molecule has 0 aliphatic heterocycles. The second-order valence-corrected chi connectivity index (χ2v) is 3.17. The van der Waals surface area contributed by atoms with E-state index >= 15 is 0 Å². The Morgan fingerprint density at radius 1 is 1.46 bits per heavy atom. The monoisotopic (exact) mass is 238 g/mol. The summed E-state index contributed by atoms with van der Waals surface area (Å²) in [6.07, 6.45) is 0. The van der Waals surface area contributed by atoms with Crippen LogP contribution in [-0.4, -0.2) is 5.43 Å². The van der Waals surface area contributed by atoms with Gasteiger partial charge in [0.05, 0.1) is 5.88 Å². The highest BCUT2D eigenvalue weighted by Crippen LogP contribution is 2.28. The van der Waals surface area contributed by atoms with Crippen molar-refractivity contribution in [3.05, 3.63) is 28.8 Å². The van der Waals surface area contributed by atoms with Crippen LogP contribution in [0.3, 0.4) is 0 Å². The molecule has 0 amide bonds. The number of rotatable bonds is 2. The van der Waals surface area contributed by atoms with Crippen molar-refractivity contribution in [3.8, 4) is 5.75 Å². The predicted molar refractivity (Wildman–Crippen MR) is 52.9 cm³/mol. The first-order valence-electron chi connectivity index (χ1n) is 3.36. The van der Waals surface area contributed by atoms with Gasteiger partial charge in [0.2, 0.25) is 0 Å². The molecule has 0 spiro atoms. The fourth-order valence-electron chi connectivity index (χ4n) is 0.851. The van der Waals surface area contributed by atoms with Gasteiger partial charge in [-0.15, -0.1) is 11.6 Å². The molecular weight excluding hydrogens is 234 g/mol. The minimum atomic E-state index is -0.909. The Balaban J connectivity index is 3.05. The van der Waals surface area contributed by atoms with E-state index in [2.05, 4.69) is 4.74 Å². The first-order valence-corrected chi connectivity index (χ1v) is 4.65. The van der Waals surface area contributed by atoms with E-state index in [9.17, 15) is 4.79 Å². The maximum atomic E-state index is 10.4. The number of hydrogen-bond acceptors (Lipinski definition) is 2. The minimum Gasteiger partial charge on any atom is -0.414 e. The molecule has 0 bridgehead atoms. The zero-order chi connectivity index (χ0) is 9.84. The van der Waals surface area contributed by atoms with E-state index in [1.807, 2.05) is 0 Å². The molecule has 2 nitrogen and oxygen atoms in total. The van der Waals surface area contributed by atoms with Gasteiger partial charge in [0, 0.05) is 22.2 Å². The Morgan fingerprint density at radius 2 is 2.15 bits per heavy atom. The highest BCUT2D eigenvalue weighted by atomic mass is 35.5. The van der Waals surface area contributed by atoms with Crippen molar-refractivity contribution >= 4 is 40.2 Å². The fraction of sp³-hybridized carbons (Fsp3) is 0.125. The van der Waals surface area contributed by atoms with Gasteiger partial charge >= 0.3 is 5.43 Å². The van der Waals surface area contributed by atoms with Crippen molar-refractivity contribution in [2.24, 2.45) is 0 Å². The van der Waals surface area contributed by atoms with Gasteiger partial charge in [-0.2, -0.15) is 0 Å². The third-order valence-corrected chi connectivity index (χ3v) is 2.10. The molecule has 0 atom stereocenters. The molecule has 0 fully saturated rings. The average molecular weight is 239 g/mol. The van der Waals surface area contributed by atoms with E-state index < -0.39 is 5.43 Å². The molecule has 0 aliphatic rings. The third kappa shape index (κ3) is 2.76. The first kappa shape index (κ1) is 10.6. The summed E-state index contributed by atoms with van der Waals surface area (Å²) < 4.78 is 4.67. The van der Waals surface area contributed by atoms with Crippen LogP contribution >= 0.6 is 34.8 Å². The van der Waals surface area contributed by atoms with Gasteiger partial charge in [-0.05, 0) is 12.1 Å². The second kappa shape index (κ2) is 4.70. The van der Waals surface area contributed by atoms with Crippen LogP contribution in [0.1, 0.15) is 5.56 Å². The van der Waals surface area contributed by atoms with E-state index in [1.54, 1.807) is 18.2 Å². The van der Waals surface area contributed by atoms with E-state index in [4.69, 9.17) is 34.8 Å². The highest BCUT2D eigenvalue weighted by molar-refractivity contribution is 6.61. The summed E-state index contributed by atoms with van der Waals surface area (Å²) in [6, 6.07) is 4.88. The molecule has 1 aromatic carbocycles. The van der Waals surface area contributed by atoms with E-state index in [-0.39, 0.29) is 5.88 Å². The Hall–Kier alpha value is -0.440.